The average Bonchev–Trinajstić information content (AvgIpc) is 2.98. The monoisotopic (exact) mass is 543 g/mol. The van der Waals surface area contributed by atoms with E-state index in [0.717, 1.165) is 16.7 Å². The van der Waals surface area contributed by atoms with Gasteiger partial charge in [0.05, 0.1) is 30.9 Å². The molecule has 0 radical (unpaired) electrons. The number of benzene rings is 3. The smallest absolute Gasteiger partial charge is 0.254 e. The van der Waals surface area contributed by atoms with Gasteiger partial charge in [0.25, 0.3) is 5.91 Å². The van der Waals surface area contributed by atoms with Gasteiger partial charge in [-0.1, -0.05) is 30.3 Å². The van der Waals surface area contributed by atoms with E-state index in [1.807, 2.05) is 71.0 Å². The fraction of sp³-hybridized carbons (Fsp3) is 0.375. The number of carbonyl (C=O) groups excluding carboxylic acids is 2. The molecular formula is C32H34FN3O4. The fourth-order valence-corrected chi connectivity index (χ4v) is 6.41. The second-order valence-corrected chi connectivity index (χ2v) is 10.4. The van der Waals surface area contributed by atoms with Crippen molar-refractivity contribution < 1.29 is 23.5 Å². The van der Waals surface area contributed by atoms with E-state index in [-0.39, 0.29) is 17.6 Å². The molecule has 0 bridgehead atoms. The van der Waals surface area contributed by atoms with Crippen molar-refractivity contribution in [2.24, 2.45) is 0 Å². The number of rotatable bonds is 6. The number of fused-ring (bicyclic) bond motifs is 4. The van der Waals surface area contributed by atoms with Crippen LogP contribution in [0.4, 0.5) is 10.1 Å². The van der Waals surface area contributed by atoms with Gasteiger partial charge in [-0.3, -0.25) is 9.59 Å². The molecule has 2 atom stereocenters. The molecule has 208 valence electrons. The Kier molecular flexibility index (Phi) is 7.09. The van der Waals surface area contributed by atoms with Crippen LogP contribution >= 0.6 is 0 Å². The molecule has 0 N–H and O–H groups in total. The summed E-state index contributed by atoms with van der Waals surface area (Å²) in [4.78, 5) is 33.9. The third kappa shape index (κ3) is 4.45. The number of hydrogen-bond acceptors (Lipinski definition) is 5. The van der Waals surface area contributed by atoms with Gasteiger partial charge in [-0.05, 0) is 67.3 Å². The molecular weight excluding hydrogens is 509 g/mol. The van der Waals surface area contributed by atoms with E-state index in [4.69, 9.17) is 9.47 Å². The first-order valence-corrected chi connectivity index (χ1v) is 14.1. The van der Waals surface area contributed by atoms with Crippen molar-refractivity contribution in [2.75, 3.05) is 50.8 Å². The van der Waals surface area contributed by atoms with Gasteiger partial charge >= 0.3 is 0 Å². The number of ether oxygens (including phenoxy) is 2. The van der Waals surface area contributed by atoms with Gasteiger partial charge in [0.1, 0.15) is 5.82 Å². The predicted octanol–water partition coefficient (Wildman–Crippen LogP) is 4.81. The number of nitrogens with zero attached hydrogens (tertiary/aromatic N) is 3. The van der Waals surface area contributed by atoms with Crippen LogP contribution in [0.25, 0.3) is 0 Å². The van der Waals surface area contributed by atoms with E-state index in [2.05, 4.69) is 0 Å². The molecule has 0 unspecified atom stereocenters. The summed E-state index contributed by atoms with van der Waals surface area (Å²) in [6.07, 6.45) is 0.675. The molecule has 3 aromatic carbocycles. The Bertz CT molecular complexity index is 1440. The van der Waals surface area contributed by atoms with Gasteiger partial charge in [0.2, 0.25) is 5.91 Å². The van der Waals surface area contributed by atoms with Crippen LogP contribution in [0.3, 0.4) is 0 Å². The maximum atomic E-state index is 14.4. The van der Waals surface area contributed by atoms with Crippen molar-refractivity contribution in [3.05, 3.63) is 88.7 Å². The molecule has 3 heterocycles. The Labute approximate surface area is 234 Å². The standard InChI is InChI=1S/C32H34FN3O4/c1-3-39-27-19-21-13-14-36-30(24(21)20-28(27)40-4-2)29(22-9-5-6-10-23(22)31(36)37)32(38)35-17-15-34(16-18-35)26-12-8-7-11-25(26)33/h5-12,19-20,29-30H,3-4,13-18H2,1-2H3/t29-,30-/m1/s1. The quantitative estimate of drug-likeness (QED) is 0.447. The minimum atomic E-state index is -0.555. The van der Waals surface area contributed by atoms with Crippen LogP contribution in [0.15, 0.2) is 60.7 Å². The van der Waals surface area contributed by atoms with E-state index in [0.29, 0.717) is 75.1 Å². The molecule has 40 heavy (non-hydrogen) atoms. The van der Waals surface area contributed by atoms with E-state index in [9.17, 15) is 14.0 Å². The Morgan fingerprint density at radius 3 is 2.27 bits per heavy atom. The zero-order valence-corrected chi connectivity index (χ0v) is 22.9. The second-order valence-electron chi connectivity index (χ2n) is 10.4. The lowest BCUT2D eigenvalue weighted by Gasteiger charge is -2.47. The molecule has 0 saturated carbocycles. The highest BCUT2D eigenvalue weighted by Gasteiger charge is 2.48. The lowest BCUT2D eigenvalue weighted by Crippen LogP contribution is -2.54. The minimum absolute atomic E-state index is 0.0113. The Hall–Kier alpha value is -4.07. The molecule has 6 rings (SSSR count). The van der Waals surface area contributed by atoms with Crippen molar-refractivity contribution in [1.29, 1.82) is 0 Å². The van der Waals surface area contributed by atoms with E-state index < -0.39 is 12.0 Å². The van der Waals surface area contributed by atoms with Crippen LogP contribution in [0, 0.1) is 5.82 Å². The van der Waals surface area contributed by atoms with Crippen molar-refractivity contribution in [3.8, 4) is 11.5 Å². The van der Waals surface area contributed by atoms with Gasteiger partial charge in [-0.2, -0.15) is 0 Å². The fourth-order valence-electron chi connectivity index (χ4n) is 6.41. The zero-order chi connectivity index (χ0) is 27.8. The molecule has 3 aromatic rings. The predicted molar refractivity (Wildman–Crippen MR) is 151 cm³/mol. The highest BCUT2D eigenvalue weighted by atomic mass is 19.1. The first-order valence-electron chi connectivity index (χ1n) is 14.1. The summed E-state index contributed by atoms with van der Waals surface area (Å²) in [5, 5.41) is 0. The van der Waals surface area contributed by atoms with Gasteiger partial charge < -0.3 is 24.2 Å². The Morgan fingerprint density at radius 1 is 0.875 bits per heavy atom. The summed E-state index contributed by atoms with van der Waals surface area (Å²) in [5.41, 5.74) is 3.91. The van der Waals surface area contributed by atoms with Crippen LogP contribution in [-0.4, -0.2) is 67.6 Å². The average molecular weight is 544 g/mol. The first-order chi connectivity index (χ1) is 19.5. The van der Waals surface area contributed by atoms with Crippen molar-refractivity contribution in [2.45, 2.75) is 32.2 Å². The number of halogens is 1. The van der Waals surface area contributed by atoms with Gasteiger partial charge in [0, 0.05) is 38.3 Å². The van der Waals surface area contributed by atoms with Crippen LogP contribution in [0.5, 0.6) is 11.5 Å². The van der Waals surface area contributed by atoms with Crippen molar-refractivity contribution >= 4 is 17.5 Å². The normalized spacial score (nSPS) is 20.0. The van der Waals surface area contributed by atoms with E-state index >= 15 is 0 Å². The lowest BCUT2D eigenvalue weighted by atomic mass is 9.75. The van der Waals surface area contributed by atoms with Gasteiger partial charge in [0.15, 0.2) is 11.5 Å². The summed E-state index contributed by atoms with van der Waals surface area (Å²) in [7, 11) is 0. The number of hydrogen-bond donors (Lipinski definition) is 0. The number of piperazine rings is 1. The molecule has 8 heteroatoms. The van der Waals surface area contributed by atoms with E-state index in [1.165, 1.54) is 6.07 Å². The SMILES string of the molecule is CCOc1cc2c(cc1OCC)[C@@H]1[C@H](C(=O)N3CCN(c4ccccc4F)CC3)c3ccccc3C(=O)N1CC2. The molecule has 3 aliphatic heterocycles. The molecule has 1 saturated heterocycles. The zero-order valence-electron chi connectivity index (χ0n) is 22.9. The topological polar surface area (TPSA) is 62.3 Å². The summed E-state index contributed by atoms with van der Waals surface area (Å²) in [6, 6.07) is 17.8. The van der Waals surface area contributed by atoms with Crippen molar-refractivity contribution in [3.63, 3.8) is 0 Å². The summed E-state index contributed by atoms with van der Waals surface area (Å²) in [5.74, 6) is 0.440. The van der Waals surface area contributed by atoms with Crippen LogP contribution in [0.1, 0.15) is 52.9 Å². The highest BCUT2D eigenvalue weighted by Crippen LogP contribution is 2.49. The molecule has 3 aliphatic rings. The Balaban J connectivity index is 1.37. The number of amides is 2. The first kappa shape index (κ1) is 26.2. The molecule has 1 fully saturated rings. The Morgan fingerprint density at radius 2 is 1.55 bits per heavy atom. The third-order valence-electron chi connectivity index (χ3n) is 8.24. The molecule has 2 amide bonds. The van der Waals surface area contributed by atoms with Gasteiger partial charge in [-0.15, -0.1) is 0 Å². The summed E-state index contributed by atoms with van der Waals surface area (Å²) < 4.78 is 26.3. The van der Waals surface area contributed by atoms with Gasteiger partial charge in [-0.25, -0.2) is 4.39 Å². The maximum Gasteiger partial charge on any atom is 0.254 e. The van der Waals surface area contributed by atoms with Crippen molar-refractivity contribution in [1.82, 2.24) is 9.80 Å². The van der Waals surface area contributed by atoms with Crippen LogP contribution < -0.4 is 14.4 Å². The summed E-state index contributed by atoms with van der Waals surface area (Å²) >= 11 is 0. The second kappa shape index (κ2) is 10.8. The molecule has 0 spiro atoms. The van der Waals surface area contributed by atoms with Crippen LogP contribution in [0.2, 0.25) is 0 Å². The van der Waals surface area contributed by atoms with Crippen LogP contribution in [-0.2, 0) is 11.2 Å². The highest BCUT2D eigenvalue weighted by molar-refractivity contribution is 6.01. The maximum absolute atomic E-state index is 14.4. The molecule has 0 aromatic heterocycles. The third-order valence-corrected chi connectivity index (χ3v) is 8.24. The largest absolute Gasteiger partial charge is 0.490 e. The molecule has 0 aliphatic carbocycles. The molecule has 7 nitrogen and oxygen atoms in total. The summed E-state index contributed by atoms with van der Waals surface area (Å²) in [6.45, 7) is 7.41. The number of para-hydroxylation sites is 1. The van der Waals surface area contributed by atoms with E-state index in [1.54, 1.807) is 12.1 Å². The lowest BCUT2D eigenvalue weighted by molar-refractivity contribution is -0.135. The number of carbonyl (C=O) groups is 2. The number of anilines is 1. The minimum Gasteiger partial charge on any atom is -0.490 e.